The van der Waals surface area contributed by atoms with Crippen molar-refractivity contribution in [1.29, 1.82) is 0 Å². The van der Waals surface area contributed by atoms with Gasteiger partial charge in [0.05, 0.1) is 18.5 Å². The fourth-order valence-corrected chi connectivity index (χ4v) is 2.07. The number of benzene rings is 1. The fraction of sp³-hybridized carbons (Fsp3) is 0.438. The number of aliphatic carboxylic acids is 1. The molecule has 126 valence electrons. The van der Waals surface area contributed by atoms with Crippen LogP contribution in [0.5, 0.6) is 0 Å². The molecule has 0 unspecified atom stereocenters. The Hall–Kier alpha value is -2.41. The molecular weight excluding hydrogens is 298 g/mol. The lowest BCUT2D eigenvalue weighted by Gasteiger charge is -2.21. The van der Waals surface area contributed by atoms with Gasteiger partial charge in [-0.15, -0.1) is 0 Å². The van der Waals surface area contributed by atoms with Crippen molar-refractivity contribution < 1.29 is 19.5 Å². The van der Waals surface area contributed by atoms with Crippen molar-refractivity contribution in [2.24, 2.45) is 5.73 Å². The smallest absolute Gasteiger partial charge is 0.305 e. The maximum absolute atomic E-state index is 12.2. The minimum absolute atomic E-state index is 0.157. The Bertz CT molecular complexity index is 548. The molecule has 0 heterocycles. The Balaban J connectivity index is 2.59. The summed E-state index contributed by atoms with van der Waals surface area (Å²) in [6.07, 6.45) is 0.219. The van der Waals surface area contributed by atoms with Gasteiger partial charge in [0.2, 0.25) is 11.8 Å². The lowest BCUT2D eigenvalue weighted by Crippen LogP contribution is -2.51. The molecule has 3 atom stereocenters. The van der Waals surface area contributed by atoms with Gasteiger partial charge in [0, 0.05) is 0 Å². The Kier molecular flexibility index (Phi) is 7.21. The number of amides is 2. The van der Waals surface area contributed by atoms with Gasteiger partial charge in [0.15, 0.2) is 0 Å². The summed E-state index contributed by atoms with van der Waals surface area (Å²) in [4.78, 5) is 34.5. The highest BCUT2D eigenvalue weighted by molar-refractivity contribution is 5.91. The van der Waals surface area contributed by atoms with Gasteiger partial charge < -0.3 is 21.5 Å². The molecule has 2 amide bonds. The largest absolute Gasteiger partial charge is 0.481 e. The van der Waals surface area contributed by atoms with Crippen molar-refractivity contribution >= 4 is 17.8 Å². The van der Waals surface area contributed by atoms with Crippen LogP contribution in [0.2, 0.25) is 0 Å². The predicted octanol–water partition coefficient (Wildman–Crippen LogP) is 0.561. The Morgan fingerprint density at radius 1 is 1.13 bits per heavy atom. The van der Waals surface area contributed by atoms with Gasteiger partial charge in [0.1, 0.15) is 6.04 Å². The first-order valence-corrected chi connectivity index (χ1v) is 7.48. The third-order valence-corrected chi connectivity index (χ3v) is 3.41. The van der Waals surface area contributed by atoms with Crippen LogP contribution in [0.15, 0.2) is 30.3 Å². The number of carboxylic acids is 1. The summed E-state index contributed by atoms with van der Waals surface area (Å²) < 4.78 is 0. The Labute approximate surface area is 135 Å². The van der Waals surface area contributed by atoms with Crippen molar-refractivity contribution in [2.75, 3.05) is 0 Å². The number of nitrogens with two attached hydrogens (primary N) is 1. The molecule has 0 bridgehead atoms. The molecule has 0 spiro atoms. The molecule has 0 radical (unpaired) electrons. The van der Waals surface area contributed by atoms with E-state index >= 15 is 0 Å². The van der Waals surface area contributed by atoms with E-state index in [1.54, 1.807) is 0 Å². The number of rotatable bonds is 8. The standard InChI is InChI=1S/C16H23N3O4/c1-3-13(11-7-5-4-6-8-11)19-15(22)10(2)18-16(23)12(17)9-14(20)21/h4-8,10,12-13H,3,9,17H2,1-2H3,(H,18,23)(H,19,22)(H,20,21)/t10-,12+,13+/m1/s1. The molecule has 7 heteroatoms. The zero-order chi connectivity index (χ0) is 17.4. The normalized spacial score (nSPS) is 14.4. The second-order valence-corrected chi connectivity index (χ2v) is 5.31. The minimum Gasteiger partial charge on any atom is -0.481 e. The average molecular weight is 321 g/mol. The van der Waals surface area contributed by atoms with Crippen LogP contribution in [0.4, 0.5) is 0 Å². The summed E-state index contributed by atoms with van der Waals surface area (Å²) in [5.41, 5.74) is 6.44. The molecule has 0 saturated heterocycles. The van der Waals surface area contributed by atoms with Crippen molar-refractivity contribution in [3.8, 4) is 0 Å². The molecule has 1 rings (SSSR count). The third kappa shape index (κ3) is 6.07. The number of carboxylic acid groups (broad SMARTS) is 1. The maximum atomic E-state index is 12.2. The van der Waals surface area contributed by atoms with E-state index in [0.29, 0.717) is 6.42 Å². The number of carbonyl (C=O) groups is 3. The fourth-order valence-electron chi connectivity index (χ4n) is 2.07. The van der Waals surface area contributed by atoms with Crippen LogP contribution in [-0.4, -0.2) is 35.0 Å². The molecular formula is C16H23N3O4. The highest BCUT2D eigenvalue weighted by Gasteiger charge is 2.23. The molecule has 0 aliphatic carbocycles. The first-order valence-electron chi connectivity index (χ1n) is 7.48. The third-order valence-electron chi connectivity index (χ3n) is 3.41. The van der Waals surface area contributed by atoms with E-state index in [4.69, 9.17) is 10.8 Å². The number of nitrogens with one attached hydrogen (secondary N) is 2. The molecule has 0 saturated carbocycles. The summed E-state index contributed by atoms with van der Waals surface area (Å²) in [7, 11) is 0. The van der Waals surface area contributed by atoms with Crippen molar-refractivity contribution in [2.45, 2.75) is 44.8 Å². The first kappa shape index (κ1) is 18.6. The number of hydrogen-bond donors (Lipinski definition) is 4. The minimum atomic E-state index is -1.18. The van der Waals surface area contributed by atoms with Gasteiger partial charge in [-0.2, -0.15) is 0 Å². The van der Waals surface area contributed by atoms with E-state index < -0.39 is 30.4 Å². The van der Waals surface area contributed by atoms with Crippen LogP contribution in [0.25, 0.3) is 0 Å². The van der Waals surface area contributed by atoms with Crippen LogP contribution in [0.3, 0.4) is 0 Å². The van der Waals surface area contributed by atoms with Gasteiger partial charge in [-0.25, -0.2) is 0 Å². The van der Waals surface area contributed by atoms with Crippen LogP contribution in [0, 0.1) is 0 Å². The van der Waals surface area contributed by atoms with Crippen molar-refractivity contribution in [3.05, 3.63) is 35.9 Å². The highest BCUT2D eigenvalue weighted by Crippen LogP contribution is 2.15. The van der Waals surface area contributed by atoms with Crippen molar-refractivity contribution in [3.63, 3.8) is 0 Å². The first-order chi connectivity index (χ1) is 10.8. The molecule has 1 aromatic rings. The summed E-state index contributed by atoms with van der Waals surface area (Å²) >= 11 is 0. The Morgan fingerprint density at radius 3 is 2.26 bits per heavy atom. The van der Waals surface area contributed by atoms with Crippen molar-refractivity contribution in [1.82, 2.24) is 10.6 Å². The maximum Gasteiger partial charge on any atom is 0.305 e. The van der Waals surface area contributed by atoms with E-state index in [-0.39, 0.29) is 11.9 Å². The van der Waals surface area contributed by atoms with E-state index in [2.05, 4.69) is 10.6 Å². The summed E-state index contributed by atoms with van der Waals surface area (Å²) in [6, 6.07) is 7.36. The van der Waals surface area contributed by atoms with Crippen LogP contribution in [-0.2, 0) is 14.4 Å². The molecule has 0 fully saturated rings. The molecule has 0 aliphatic heterocycles. The summed E-state index contributed by atoms with van der Waals surface area (Å²) in [5, 5.41) is 13.9. The molecule has 23 heavy (non-hydrogen) atoms. The quantitative estimate of drug-likeness (QED) is 0.557. The van der Waals surface area contributed by atoms with Crippen LogP contribution < -0.4 is 16.4 Å². The zero-order valence-corrected chi connectivity index (χ0v) is 13.3. The van der Waals surface area contributed by atoms with Gasteiger partial charge in [-0.05, 0) is 18.9 Å². The lowest BCUT2D eigenvalue weighted by molar-refractivity contribution is -0.139. The molecule has 0 aliphatic rings. The predicted molar refractivity (Wildman–Crippen MR) is 85.4 cm³/mol. The molecule has 5 N–H and O–H groups in total. The van der Waals surface area contributed by atoms with Gasteiger partial charge in [-0.1, -0.05) is 37.3 Å². The van der Waals surface area contributed by atoms with E-state index in [1.165, 1.54) is 6.92 Å². The summed E-state index contributed by atoms with van der Waals surface area (Å²) in [6.45, 7) is 3.47. The van der Waals surface area contributed by atoms with Crippen LogP contribution >= 0.6 is 0 Å². The number of hydrogen-bond acceptors (Lipinski definition) is 4. The van der Waals surface area contributed by atoms with Gasteiger partial charge >= 0.3 is 5.97 Å². The SMILES string of the molecule is CC[C@H](NC(=O)[C@@H](C)NC(=O)[C@@H](N)CC(=O)O)c1ccccc1. The average Bonchev–Trinajstić information content (AvgIpc) is 2.52. The molecule has 7 nitrogen and oxygen atoms in total. The van der Waals surface area contributed by atoms with Gasteiger partial charge in [-0.3, -0.25) is 14.4 Å². The zero-order valence-electron chi connectivity index (χ0n) is 13.3. The Morgan fingerprint density at radius 2 is 1.74 bits per heavy atom. The molecule has 1 aromatic carbocycles. The van der Waals surface area contributed by atoms with Crippen LogP contribution in [0.1, 0.15) is 38.3 Å². The monoisotopic (exact) mass is 321 g/mol. The second-order valence-electron chi connectivity index (χ2n) is 5.31. The highest BCUT2D eigenvalue weighted by atomic mass is 16.4. The number of carbonyl (C=O) groups excluding carboxylic acids is 2. The summed E-state index contributed by atoms with van der Waals surface area (Å²) in [5.74, 6) is -2.18. The van der Waals surface area contributed by atoms with E-state index in [9.17, 15) is 14.4 Å². The lowest BCUT2D eigenvalue weighted by atomic mass is 10.0. The molecule has 0 aromatic heterocycles. The topological polar surface area (TPSA) is 122 Å². The van der Waals surface area contributed by atoms with E-state index in [0.717, 1.165) is 5.56 Å². The van der Waals surface area contributed by atoms with E-state index in [1.807, 2.05) is 37.3 Å². The second kappa shape index (κ2) is 8.89. The van der Waals surface area contributed by atoms with Gasteiger partial charge in [0.25, 0.3) is 0 Å².